The van der Waals surface area contributed by atoms with Crippen molar-refractivity contribution < 1.29 is 9.53 Å². The zero-order chi connectivity index (χ0) is 19.5. The van der Waals surface area contributed by atoms with E-state index < -0.39 is 0 Å². The first-order valence-corrected chi connectivity index (χ1v) is 10.6. The summed E-state index contributed by atoms with van der Waals surface area (Å²) in [4.78, 5) is 15.0. The van der Waals surface area contributed by atoms with Crippen LogP contribution in [0.3, 0.4) is 0 Å². The van der Waals surface area contributed by atoms with Crippen LogP contribution in [0.5, 0.6) is 0 Å². The summed E-state index contributed by atoms with van der Waals surface area (Å²) < 4.78 is 5.19. The van der Waals surface area contributed by atoms with Gasteiger partial charge in [0.05, 0.1) is 13.0 Å². The van der Waals surface area contributed by atoms with Gasteiger partial charge in [-0.15, -0.1) is 0 Å². The highest BCUT2D eigenvalue weighted by Crippen LogP contribution is 2.46. The van der Waals surface area contributed by atoms with Gasteiger partial charge in [0.15, 0.2) is 0 Å². The smallest absolute Gasteiger partial charge is 0.310 e. The molecule has 2 aromatic rings. The number of methoxy groups -OCH3 is 1. The van der Waals surface area contributed by atoms with E-state index in [4.69, 9.17) is 4.74 Å². The molecule has 2 aromatic carbocycles. The number of aryl methyl sites for hydroxylation is 2. The van der Waals surface area contributed by atoms with Crippen LogP contribution in [0.1, 0.15) is 48.3 Å². The first-order chi connectivity index (χ1) is 13.7. The number of benzene rings is 2. The van der Waals surface area contributed by atoms with Gasteiger partial charge in [-0.05, 0) is 62.3 Å². The molecule has 4 rings (SSSR count). The van der Waals surface area contributed by atoms with E-state index >= 15 is 0 Å². The van der Waals surface area contributed by atoms with Gasteiger partial charge in [0.1, 0.15) is 0 Å². The van der Waals surface area contributed by atoms with Crippen LogP contribution in [-0.4, -0.2) is 37.1 Å². The van der Waals surface area contributed by atoms with Crippen molar-refractivity contribution in [3.05, 3.63) is 71.3 Å². The summed E-state index contributed by atoms with van der Waals surface area (Å²) in [5, 5.41) is 0. The number of carbonyl (C=O) groups excluding carboxylic acids is 1. The average molecular weight is 378 g/mol. The third-order valence-corrected chi connectivity index (χ3v) is 6.92. The summed E-state index contributed by atoms with van der Waals surface area (Å²) in [5.41, 5.74) is 4.08. The number of ether oxygens (including phenoxy) is 1. The number of hydrogen-bond donors (Lipinski definition) is 0. The molecule has 3 heteroatoms. The van der Waals surface area contributed by atoms with Crippen molar-refractivity contribution in [3.63, 3.8) is 0 Å². The normalized spacial score (nSPS) is 26.9. The Kier molecular flexibility index (Phi) is 5.82. The summed E-state index contributed by atoms with van der Waals surface area (Å²) in [6, 6.07) is 20.6. The lowest BCUT2D eigenvalue weighted by Crippen LogP contribution is -2.49. The maximum atomic E-state index is 12.6. The highest BCUT2D eigenvalue weighted by atomic mass is 16.5. The molecule has 2 heterocycles. The summed E-state index contributed by atoms with van der Waals surface area (Å²) in [6.07, 6.45) is 6.73. The number of fused-ring (bicyclic) bond motifs is 2. The number of piperidine rings is 1. The minimum absolute atomic E-state index is 0.0438. The van der Waals surface area contributed by atoms with Gasteiger partial charge in [-0.3, -0.25) is 9.69 Å². The van der Waals surface area contributed by atoms with E-state index in [-0.39, 0.29) is 17.8 Å². The maximum Gasteiger partial charge on any atom is 0.310 e. The van der Waals surface area contributed by atoms with Crippen LogP contribution in [-0.2, 0) is 22.4 Å². The average Bonchev–Trinajstić information content (AvgIpc) is 2.97. The van der Waals surface area contributed by atoms with Gasteiger partial charge in [-0.1, -0.05) is 54.6 Å². The van der Waals surface area contributed by atoms with Crippen LogP contribution in [0.4, 0.5) is 0 Å². The zero-order valence-corrected chi connectivity index (χ0v) is 17.0. The van der Waals surface area contributed by atoms with Crippen molar-refractivity contribution >= 4 is 5.97 Å². The molecular formula is C25H31NO2. The molecule has 3 nitrogen and oxygen atoms in total. The molecule has 148 valence electrons. The molecule has 4 atom stereocenters. The fourth-order valence-electron chi connectivity index (χ4n) is 5.34. The minimum atomic E-state index is -0.0471. The quantitative estimate of drug-likeness (QED) is 0.689. The molecule has 0 aromatic heterocycles. The van der Waals surface area contributed by atoms with Crippen LogP contribution in [0.15, 0.2) is 54.6 Å². The van der Waals surface area contributed by atoms with E-state index in [1.165, 1.54) is 30.2 Å². The molecule has 0 amide bonds. The fourth-order valence-corrected chi connectivity index (χ4v) is 5.34. The molecule has 2 saturated heterocycles. The molecular weight excluding hydrogens is 346 g/mol. The molecule has 28 heavy (non-hydrogen) atoms. The van der Waals surface area contributed by atoms with E-state index in [1.54, 1.807) is 0 Å². The molecule has 2 aliphatic heterocycles. The Balaban J connectivity index is 1.43. The molecule has 0 unspecified atom stereocenters. The predicted molar refractivity (Wildman–Crippen MR) is 112 cm³/mol. The topological polar surface area (TPSA) is 29.5 Å². The van der Waals surface area contributed by atoms with E-state index in [2.05, 4.69) is 66.5 Å². The second-order valence-corrected chi connectivity index (χ2v) is 8.44. The molecule has 0 radical (unpaired) electrons. The Morgan fingerprint density at radius 2 is 1.68 bits per heavy atom. The van der Waals surface area contributed by atoms with E-state index in [9.17, 15) is 4.79 Å². The maximum absolute atomic E-state index is 12.6. The molecule has 2 fully saturated rings. The van der Waals surface area contributed by atoms with Crippen molar-refractivity contribution in [2.24, 2.45) is 5.92 Å². The zero-order valence-electron chi connectivity index (χ0n) is 17.0. The highest BCUT2D eigenvalue weighted by molar-refractivity contribution is 5.75. The van der Waals surface area contributed by atoms with Gasteiger partial charge in [0.2, 0.25) is 0 Å². The van der Waals surface area contributed by atoms with Crippen LogP contribution in [0, 0.1) is 5.92 Å². The predicted octanol–water partition coefficient (Wildman–Crippen LogP) is 4.60. The van der Waals surface area contributed by atoms with Gasteiger partial charge >= 0.3 is 5.97 Å². The Morgan fingerprint density at radius 3 is 2.36 bits per heavy atom. The molecule has 2 bridgehead atoms. The molecule has 0 spiro atoms. The minimum Gasteiger partial charge on any atom is -0.469 e. The summed E-state index contributed by atoms with van der Waals surface area (Å²) in [5.74, 6) is 0.186. The number of hydrogen-bond acceptors (Lipinski definition) is 3. The van der Waals surface area contributed by atoms with Gasteiger partial charge in [-0.2, -0.15) is 0 Å². The first-order valence-electron chi connectivity index (χ1n) is 10.6. The standard InChI is InChI=1S/C25H31NO2/c1-26-21-15-16-23(26)24(25(27)28-2)22(17-21)20-13-11-19(12-14-20)10-6-9-18-7-4-3-5-8-18/h3-5,7-8,11-14,21-24H,6,9-10,15-17H2,1-2H3/t21-,22+,23+,24-/m0/s1. The van der Waals surface area contributed by atoms with Crippen LogP contribution >= 0.6 is 0 Å². The summed E-state index contributed by atoms with van der Waals surface area (Å²) in [7, 11) is 3.70. The van der Waals surface area contributed by atoms with E-state index in [0.717, 1.165) is 32.1 Å². The number of esters is 1. The van der Waals surface area contributed by atoms with Crippen molar-refractivity contribution in [1.82, 2.24) is 4.90 Å². The molecule has 0 saturated carbocycles. The lowest BCUT2D eigenvalue weighted by atomic mass is 9.76. The van der Waals surface area contributed by atoms with Crippen molar-refractivity contribution in [3.8, 4) is 0 Å². The Bertz CT molecular complexity index is 786. The van der Waals surface area contributed by atoms with Crippen molar-refractivity contribution in [1.29, 1.82) is 0 Å². The summed E-state index contributed by atoms with van der Waals surface area (Å²) in [6.45, 7) is 0. The Hall–Kier alpha value is -2.13. The third kappa shape index (κ3) is 3.86. The third-order valence-electron chi connectivity index (χ3n) is 6.92. The van der Waals surface area contributed by atoms with Crippen molar-refractivity contribution in [2.75, 3.05) is 14.2 Å². The number of carbonyl (C=O) groups is 1. The van der Waals surface area contributed by atoms with Crippen LogP contribution in [0.2, 0.25) is 0 Å². The van der Waals surface area contributed by atoms with Crippen molar-refractivity contribution in [2.45, 2.75) is 56.5 Å². The summed E-state index contributed by atoms with van der Waals surface area (Å²) >= 11 is 0. The lowest BCUT2D eigenvalue weighted by molar-refractivity contribution is -0.150. The van der Waals surface area contributed by atoms with Gasteiger partial charge < -0.3 is 4.74 Å². The molecule has 2 aliphatic rings. The van der Waals surface area contributed by atoms with E-state index in [0.29, 0.717) is 12.1 Å². The second kappa shape index (κ2) is 8.48. The fraction of sp³-hybridized carbons (Fsp3) is 0.480. The van der Waals surface area contributed by atoms with Gasteiger partial charge in [0, 0.05) is 18.0 Å². The lowest BCUT2D eigenvalue weighted by Gasteiger charge is -2.41. The Labute approximate surface area is 168 Å². The highest BCUT2D eigenvalue weighted by Gasteiger charge is 2.49. The Morgan fingerprint density at radius 1 is 1.00 bits per heavy atom. The van der Waals surface area contributed by atoms with E-state index in [1.807, 2.05) is 0 Å². The molecule has 0 N–H and O–H groups in total. The van der Waals surface area contributed by atoms with Gasteiger partial charge in [0.25, 0.3) is 0 Å². The second-order valence-electron chi connectivity index (χ2n) is 8.44. The first kappa shape index (κ1) is 19.2. The number of nitrogens with zero attached hydrogens (tertiary/aromatic N) is 1. The van der Waals surface area contributed by atoms with Crippen LogP contribution < -0.4 is 0 Å². The molecule has 0 aliphatic carbocycles. The monoisotopic (exact) mass is 377 g/mol. The largest absolute Gasteiger partial charge is 0.469 e. The number of rotatable bonds is 6. The SMILES string of the molecule is COC(=O)[C@H]1[C@@H](c2ccc(CCCc3ccccc3)cc2)C[C@@H]2CC[C@H]1N2C. The van der Waals surface area contributed by atoms with Crippen LogP contribution in [0.25, 0.3) is 0 Å². The van der Waals surface area contributed by atoms with Gasteiger partial charge in [-0.25, -0.2) is 0 Å².